The lowest BCUT2D eigenvalue weighted by molar-refractivity contribution is -0.122. The van der Waals surface area contributed by atoms with Crippen LogP contribution in [0.5, 0.6) is 0 Å². The monoisotopic (exact) mass is 262 g/mol. The summed E-state index contributed by atoms with van der Waals surface area (Å²) < 4.78 is 0. The maximum atomic E-state index is 11.7. The van der Waals surface area contributed by atoms with Gasteiger partial charge in [0.2, 0.25) is 5.91 Å². The number of aromatic nitrogens is 1. The molecule has 2 amide bonds. The molecule has 1 heterocycles. The number of hydrogen-bond acceptors (Lipinski definition) is 4. The molecule has 4 N–H and O–H groups in total. The summed E-state index contributed by atoms with van der Waals surface area (Å²) >= 11 is 0. The van der Waals surface area contributed by atoms with Gasteiger partial charge >= 0.3 is 0 Å². The Morgan fingerprint density at radius 1 is 1.26 bits per heavy atom. The van der Waals surface area contributed by atoms with Crippen LogP contribution in [0, 0.1) is 5.92 Å². The first-order chi connectivity index (χ1) is 9.20. The van der Waals surface area contributed by atoms with Gasteiger partial charge in [-0.1, -0.05) is 6.07 Å². The van der Waals surface area contributed by atoms with Gasteiger partial charge in [0.25, 0.3) is 5.91 Å². The van der Waals surface area contributed by atoms with Crippen molar-refractivity contribution < 1.29 is 9.59 Å². The van der Waals surface area contributed by atoms with E-state index in [0.717, 1.165) is 18.4 Å². The van der Waals surface area contributed by atoms with E-state index in [4.69, 9.17) is 5.73 Å². The van der Waals surface area contributed by atoms with Crippen molar-refractivity contribution in [2.75, 3.05) is 13.1 Å². The third-order valence-corrected chi connectivity index (χ3v) is 2.95. The molecular weight excluding hydrogens is 244 g/mol. The van der Waals surface area contributed by atoms with Gasteiger partial charge in [-0.2, -0.15) is 0 Å². The summed E-state index contributed by atoms with van der Waals surface area (Å²) in [4.78, 5) is 27.1. The summed E-state index contributed by atoms with van der Waals surface area (Å²) in [5.74, 6) is 0.0325. The largest absolute Gasteiger partial charge is 0.354 e. The minimum absolute atomic E-state index is 0.0830. The molecule has 1 fully saturated rings. The quantitative estimate of drug-likeness (QED) is 0.618. The molecule has 0 radical (unpaired) electrons. The van der Waals surface area contributed by atoms with Crippen LogP contribution >= 0.6 is 0 Å². The van der Waals surface area contributed by atoms with E-state index in [1.807, 2.05) is 0 Å². The van der Waals surface area contributed by atoms with Crippen molar-refractivity contribution >= 4 is 11.8 Å². The summed E-state index contributed by atoms with van der Waals surface area (Å²) in [5.41, 5.74) is 6.69. The van der Waals surface area contributed by atoms with E-state index in [1.54, 1.807) is 18.3 Å². The van der Waals surface area contributed by atoms with Crippen LogP contribution in [0.2, 0.25) is 0 Å². The van der Waals surface area contributed by atoms with Gasteiger partial charge in [-0.3, -0.25) is 14.6 Å². The van der Waals surface area contributed by atoms with E-state index >= 15 is 0 Å². The molecule has 102 valence electrons. The van der Waals surface area contributed by atoms with E-state index in [-0.39, 0.29) is 17.7 Å². The molecule has 0 saturated heterocycles. The SMILES string of the molecule is NCc1ccc(C(=O)NCCNC(=O)C2CC2)nc1. The highest BCUT2D eigenvalue weighted by atomic mass is 16.2. The van der Waals surface area contributed by atoms with Gasteiger partial charge in [0.15, 0.2) is 0 Å². The van der Waals surface area contributed by atoms with Gasteiger partial charge in [-0.15, -0.1) is 0 Å². The van der Waals surface area contributed by atoms with Crippen molar-refractivity contribution in [1.29, 1.82) is 0 Å². The van der Waals surface area contributed by atoms with E-state index in [9.17, 15) is 9.59 Å². The van der Waals surface area contributed by atoms with Crippen LogP contribution in [0.25, 0.3) is 0 Å². The second-order valence-electron chi connectivity index (χ2n) is 4.58. The summed E-state index contributed by atoms with van der Waals surface area (Å²) in [6.07, 6.45) is 3.55. The minimum atomic E-state index is -0.246. The van der Waals surface area contributed by atoms with Crippen LogP contribution < -0.4 is 16.4 Å². The predicted octanol–water partition coefficient (Wildman–Crippen LogP) is -0.204. The van der Waals surface area contributed by atoms with Crippen molar-refractivity contribution in [2.45, 2.75) is 19.4 Å². The Hall–Kier alpha value is -1.95. The molecule has 0 spiro atoms. The van der Waals surface area contributed by atoms with Crippen LogP contribution in [-0.2, 0) is 11.3 Å². The van der Waals surface area contributed by atoms with Crippen LogP contribution in [0.3, 0.4) is 0 Å². The maximum absolute atomic E-state index is 11.7. The fraction of sp³-hybridized carbons (Fsp3) is 0.462. The van der Waals surface area contributed by atoms with Crippen molar-refractivity contribution in [3.05, 3.63) is 29.6 Å². The van der Waals surface area contributed by atoms with Crippen molar-refractivity contribution in [1.82, 2.24) is 15.6 Å². The fourth-order valence-electron chi connectivity index (χ4n) is 1.62. The number of nitrogens with one attached hydrogen (secondary N) is 2. The van der Waals surface area contributed by atoms with Gasteiger partial charge in [-0.05, 0) is 24.5 Å². The number of hydrogen-bond donors (Lipinski definition) is 3. The van der Waals surface area contributed by atoms with Crippen LogP contribution in [0.4, 0.5) is 0 Å². The third kappa shape index (κ3) is 4.03. The van der Waals surface area contributed by atoms with E-state index in [1.165, 1.54) is 0 Å². The predicted molar refractivity (Wildman–Crippen MR) is 70.2 cm³/mol. The molecule has 1 aromatic heterocycles. The normalized spacial score (nSPS) is 13.9. The zero-order valence-electron chi connectivity index (χ0n) is 10.7. The molecule has 19 heavy (non-hydrogen) atoms. The number of rotatable bonds is 6. The fourth-order valence-corrected chi connectivity index (χ4v) is 1.62. The molecule has 6 nitrogen and oxygen atoms in total. The van der Waals surface area contributed by atoms with Crippen molar-refractivity contribution in [3.63, 3.8) is 0 Å². The lowest BCUT2D eigenvalue weighted by atomic mass is 10.2. The van der Waals surface area contributed by atoms with E-state index in [0.29, 0.717) is 25.3 Å². The molecule has 0 bridgehead atoms. The third-order valence-electron chi connectivity index (χ3n) is 2.95. The van der Waals surface area contributed by atoms with Gasteiger partial charge < -0.3 is 16.4 Å². The molecule has 2 rings (SSSR count). The number of amides is 2. The molecule has 1 aliphatic carbocycles. The average molecular weight is 262 g/mol. The minimum Gasteiger partial charge on any atom is -0.354 e. The first kappa shape index (κ1) is 13.5. The van der Waals surface area contributed by atoms with E-state index in [2.05, 4.69) is 15.6 Å². The Morgan fingerprint density at radius 2 is 2.00 bits per heavy atom. The van der Waals surface area contributed by atoms with Gasteiger partial charge in [0.1, 0.15) is 5.69 Å². The average Bonchev–Trinajstić information content (AvgIpc) is 3.27. The molecule has 0 aromatic carbocycles. The summed E-state index contributed by atoms with van der Waals surface area (Å²) in [6.45, 7) is 1.25. The topological polar surface area (TPSA) is 97.1 Å². The number of pyridine rings is 1. The molecule has 0 aliphatic heterocycles. The van der Waals surface area contributed by atoms with Crippen molar-refractivity contribution in [3.8, 4) is 0 Å². The number of nitrogens with two attached hydrogens (primary N) is 1. The Bertz CT molecular complexity index is 454. The number of nitrogens with zero attached hydrogens (tertiary/aromatic N) is 1. The second-order valence-corrected chi connectivity index (χ2v) is 4.58. The summed E-state index contributed by atoms with van der Waals surface area (Å²) in [6, 6.07) is 3.41. The Labute approximate surface area is 111 Å². The number of carbonyl (C=O) groups excluding carboxylic acids is 2. The van der Waals surface area contributed by atoms with Crippen LogP contribution in [-0.4, -0.2) is 29.9 Å². The Kier molecular flexibility index (Phi) is 4.46. The van der Waals surface area contributed by atoms with Crippen molar-refractivity contribution in [2.24, 2.45) is 11.7 Å². The molecule has 1 aliphatic rings. The molecule has 0 atom stereocenters. The first-order valence-corrected chi connectivity index (χ1v) is 6.41. The lowest BCUT2D eigenvalue weighted by Crippen LogP contribution is -2.35. The van der Waals surface area contributed by atoms with E-state index < -0.39 is 0 Å². The summed E-state index contributed by atoms with van der Waals surface area (Å²) in [7, 11) is 0. The van der Waals surface area contributed by atoms with Crippen LogP contribution in [0.15, 0.2) is 18.3 Å². The zero-order valence-corrected chi connectivity index (χ0v) is 10.7. The van der Waals surface area contributed by atoms with Gasteiger partial charge in [0.05, 0.1) is 0 Å². The highest BCUT2D eigenvalue weighted by molar-refractivity contribution is 5.92. The molecular formula is C13H18N4O2. The first-order valence-electron chi connectivity index (χ1n) is 6.41. The standard InChI is InChI=1S/C13H18N4O2/c14-7-9-1-4-11(17-8-9)13(19)16-6-5-15-12(18)10-2-3-10/h1,4,8,10H,2-3,5-7,14H2,(H,15,18)(H,16,19). The smallest absolute Gasteiger partial charge is 0.269 e. The summed E-state index contributed by atoms with van der Waals surface area (Å²) in [5, 5.41) is 5.48. The van der Waals surface area contributed by atoms with Gasteiger partial charge in [0, 0.05) is 31.7 Å². The molecule has 1 aromatic rings. The Morgan fingerprint density at radius 3 is 2.58 bits per heavy atom. The Balaban J connectivity index is 1.69. The molecule has 6 heteroatoms. The highest BCUT2D eigenvalue weighted by Gasteiger charge is 2.28. The molecule has 0 unspecified atom stereocenters. The maximum Gasteiger partial charge on any atom is 0.269 e. The zero-order chi connectivity index (χ0) is 13.7. The second kappa shape index (κ2) is 6.29. The van der Waals surface area contributed by atoms with Gasteiger partial charge in [-0.25, -0.2) is 0 Å². The lowest BCUT2D eigenvalue weighted by Gasteiger charge is -2.06. The molecule has 1 saturated carbocycles. The highest BCUT2D eigenvalue weighted by Crippen LogP contribution is 2.28. The number of carbonyl (C=O) groups is 2. The van der Waals surface area contributed by atoms with Crippen LogP contribution in [0.1, 0.15) is 28.9 Å².